The van der Waals surface area contributed by atoms with E-state index in [-0.39, 0.29) is 23.4 Å². The van der Waals surface area contributed by atoms with E-state index in [1.54, 1.807) is 19.2 Å². The van der Waals surface area contributed by atoms with Crippen molar-refractivity contribution in [1.82, 2.24) is 0 Å². The van der Waals surface area contributed by atoms with Crippen molar-refractivity contribution in [2.45, 2.75) is 31.2 Å². The number of benzene rings is 2. The summed E-state index contributed by atoms with van der Waals surface area (Å²) in [6, 6.07) is 10.4. The van der Waals surface area contributed by atoms with Gasteiger partial charge in [-0.3, -0.25) is 4.79 Å². The molecule has 1 heterocycles. The second-order valence-corrected chi connectivity index (χ2v) is 8.33. The lowest BCUT2D eigenvalue weighted by atomic mass is 10.1. The van der Waals surface area contributed by atoms with Crippen LogP contribution in [0.4, 0.5) is 11.4 Å². The first kappa shape index (κ1) is 19.2. The summed E-state index contributed by atoms with van der Waals surface area (Å²) >= 11 is 0. The number of carbonyl (C=O) groups is 1. The van der Waals surface area contributed by atoms with Crippen molar-refractivity contribution in [2.24, 2.45) is 5.14 Å². The number of hydrogen-bond donors (Lipinski definition) is 2. The van der Waals surface area contributed by atoms with Gasteiger partial charge in [-0.05, 0) is 61.7 Å². The molecule has 0 saturated carbocycles. The monoisotopic (exact) mass is 389 g/mol. The predicted octanol–water partition coefficient (Wildman–Crippen LogP) is 2.04. The van der Waals surface area contributed by atoms with Crippen molar-refractivity contribution >= 4 is 27.3 Å². The number of nitrogens with two attached hydrogens (primary N) is 1. The van der Waals surface area contributed by atoms with E-state index in [2.05, 4.69) is 5.32 Å². The Hall–Kier alpha value is -2.58. The van der Waals surface area contributed by atoms with Crippen LogP contribution in [0.5, 0.6) is 5.75 Å². The topological polar surface area (TPSA) is 102 Å². The Morgan fingerprint density at radius 1 is 1.30 bits per heavy atom. The van der Waals surface area contributed by atoms with Crippen LogP contribution in [-0.2, 0) is 21.2 Å². The van der Waals surface area contributed by atoms with Gasteiger partial charge in [0.2, 0.25) is 15.9 Å². The maximum absolute atomic E-state index is 12.6. The molecular formula is C19H23N3O4S. The van der Waals surface area contributed by atoms with Gasteiger partial charge in [0.15, 0.2) is 0 Å². The average molecular weight is 389 g/mol. The van der Waals surface area contributed by atoms with Crippen molar-refractivity contribution in [1.29, 1.82) is 0 Å². The van der Waals surface area contributed by atoms with Gasteiger partial charge in [-0.1, -0.05) is 6.07 Å². The highest BCUT2D eigenvalue weighted by Gasteiger charge is 2.28. The fraction of sp³-hybridized carbons (Fsp3) is 0.316. The maximum Gasteiger partial charge on any atom is 0.244 e. The summed E-state index contributed by atoms with van der Waals surface area (Å²) in [5.41, 5.74) is 3.36. The van der Waals surface area contributed by atoms with Crippen molar-refractivity contribution in [3.63, 3.8) is 0 Å². The molecule has 0 aliphatic carbocycles. The number of fused-ring (bicyclic) bond motifs is 1. The fourth-order valence-corrected chi connectivity index (χ4v) is 3.92. The first-order valence-electron chi connectivity index (χ1n) is 8.56. The van der Waals surface area contributed by atoms with E-state index in [0.717, 1.165) is 16.8 Å². The molecule has 1 atom stereocenters. The number of nitrogens with one attached hydrogen (secondary N) is 1. The minimum atomic E-state index is -3.75. The van der Waals surface area contributed by atoms with Crippen LogP contribution in [0.1, 0.15) is 18.1 Å². The van der Waals surface area contributed by atoms with Gasteiger partial charge >= 0.3 is 0 Å². The molecule has 0 spiro atoms. The third kappa shape index (κ3) is 4.06. The van der Waals surface area contributed by atoms with Crippen molar-refractivity contribution in [3.8, 4) is 5.75 Å². The van der Waals surface area contributed by atoms with Gasteiger partial charge in [0, 0.05) is 11.7 Å². The van der Waals surface area contributed by atoms with Crippen LogP contribution in [0, 0.1) is 6.92 Å². The zero-order valence-corrected chi connectivity index (χ0v) is 16.3. The summed E-state index contributed by atoms with van der Waals surface area (Å²) in [6.07, 6.45) is 0.653. The molecule has 0 unspecified atom stereocenters. The molecule has 3 N–H and O–H groups in total. The van der Waals surface area contributed by atoms with Crippen LogP contribution >= 0.6 is 0 Å². The fourth-order valence-electron chi connectivity index (χ4n) is 3.35. The molecule has 27 heavy (non-hydrogen) atoms. The average Bonchev–Trinajstić information content (AvgIpc) is 2.89. The van der Waals surface area contributed by atoms with E-state index in [4.69, 9.17) is 9.88 Å². The molecule has 0 saturated heterocycles. The summed E-state index contributed by atoms with van der Waals surface area (Å²) in [5, 5.41) is 8.10. The highest BCUT2D eigenvalue weighted by atomic mass is 32.2. The van der Waals surface area contributed by atoms with E-state index >= 15 is 0 Å². The third-order valence-corrected chi connectivity index (χ3v) is 5.59. The van der Waals surface area contributed by atoms with Crippen LogP contribution in [-0.4, -0.2) is 34.0 Å². The van der Waals surface area contributed by atoms with Gasteiger partial charge in [-0.25, -0.2) is 13.6 Å². The highest BCUT2D eigenvalue weighted by molar-refractivity contribution is 7.89. The van der Waals surface area contributed by atoms with Gasteiger partial charge in [0.1, 0.15) is 5.75 Å². The first-order valence-corrected chi connectivity index (χ1v) is 10.1. The number of methoxy groups -OCH3 is 1. The van der Waals surface area contributed by atoms with E-state index in [0.29, 0.717) is 17.9 Å². The summed E-state index contributed by atoms with van der Waals surface area (Å²) in [7, 11) is -2.19. The summed E-state index contributed by atoms with van der Waals surface area (Å²) in [4.78, 5) is 14.7. The molecule has 8 heteroatoms. The lowest BCUT2D eigenvalue weighted by Crippen LogP contribution is -2.37. The Morgan fingerprint density at radius 2 is 2.04 bits per heavy atom. The highest BCUT2D eigenvalue weighted by Crippen LogP contribution is 2.33. The van der Waals surface area contributed by atoms with Gasteiger partial charge in [-0.15, -0.1) is 0 Å². The molecule has 1 amide bonds. The zero-order valence-electron chi connectivity index (χ0n) is 15.5. The standard InChI is InChI=1S/C19H23N3O4S/c1-12-4-7-18(26-3)16(8-12)21-19(23)11-22-13(2)9-14-10-15(27(20,24)25)5-6-17(14)22/h4-8,10,13H,9,11H2,1-3H3,(H,21,23)(H2,20,24,25)/t13-/m0/s1. The molecule has 0 radical (unpaired) electrons. The van der Waals surface area contributed by atoms with Crippen LogP contribution in [0.25, 0.3) is 0 Å². The Kier molecular flexibility index (Phi) is 5.12. The second-order valence-electron chi connectivity index (χ2n) is 6.77. The number of rotatable bonds is 5. The number of anilines is 2. The van der Waals surface area contributed by atoms with Crippen molar-refractivity contribution in [3.05, 3.63) is 47.5 Å². The number of aryl methyl sites for hydroxylation is 1. The van der Waals surface area contributed by atoms with Crippen LogP contribution < -0.4 is 20.1 Å². The number of amides is 1. The number of ether oxygens (including phenoxy) is 1. The van der Waals surface area contributed by atoms with Crippen LogP contribution in [0.15, 0.2) is 41.3 Å². The van der Waals surface area contributed by atoms with E-state index in [9.17, 15) is 13.2 Å². The molecule has 144 valence electrons. The van der Waals surface area contributed by atoms with Gasteiger partial charge in [0.05, 0.1) is 24.2 Å². The van der Waals surface area contributed by atoms with Crippen molar-refractivity contribution < 1.29 is 17.9 Å². The Labute approximate surface area is 159 Å². The number of sulfonamides is 1. The van der Waals surface area contributed by atoms with Gasteiger partial charge in [0.25, 0.3) is 0 Å². The SMILES string of the molecule is COc1ccc(C)cc1NC(=O)CN1c2ccc(S(N)(=O)=O)cc2C[C@@H]1C. The molecular weight excluding hydrogens is 366 g/mol. The number of nitrogens with zero attached hydrogens (tertiary/aromatic N) is 1. The minimum absolute atomic E-state index is 0.0703. The molecule has 1 aliphatic heterocycles. The Bertz CT molecular complexity index is 988. The zero-order chi connectivity index (χ0) is 19.8. The summed E-state index contributed by atoms with van der Waals surface area (Å²) < 4.78 is 28.4. The minimum Gasteiger partial charge on any atom is -0.495 e. The molecule has 0 bridgehead atoms. The smallest absolute Gasteiger partial charge is 0.244 e. The Balaban J connectivity index is 1.79. The lowest BCUT2D eigenvalue weighted by Gasteiger charge is -2.24. The largest absolute Gasteiger partial charge is 0.495 e. The Morgan fingerprint density at radius 3 is 2.70 bits per heavy atom. The second kappa shape index (κ2) is 7.21. The summed E-state index contributed by atoms with van der Waals surface area (Å²) in [5.74, 6) is 0.427. The van der Waals surface area contributed by atoms with Crippen LogP contribution in [0.2, 0.25) is 0 Å². The molecule has 3 rings (SSSR count). The lowest BCUT2D eigenvalue weighted by molar-refractivity contribution is -0.115. The molecule has 2 aromatic rings. The quantitative estimate of drug-likeness (QED) is 0.815. The van der Waals surface area contributed by atoms with Gasteiger partial charge in [-0.2, -0.15) is 0 Å². The third-order valence-electron chi connectivity index (χ3n) is 4.68. The maximum atomic E-state index is 12.6. The summed E-state index contributed by atoms with van der Waals surface area (Å²) in [6.45, 7) is 4.09. The molecule has 1 aliphatic rings. The first-order chi connectivity index (χ1) is 12.7. The van der Waals surface area contributed by atoms with Gasteiger partial charge < -0.3 is 15.0 Å². The predicted molar refractivity (Wildman–Crippen MR) is 105 cm³/mol. The van der Waals surface area contributed by atoms with Crippen molar-refractivity contribution in [2.75, 3.05) is 23.9 Å². The molecule has 0 fully saturated rings. The number of hydrogen-bond acceptors (Lipinski definition) is 5. The van der Waals surface area contributed by atoms with E-state index in [1.807, 2.05) is 36.9 Å². The van der Waals surface area contributed by atoms with E-state index < -0.39 is 10.0 Å². The molecule has 2 aromatic carbocycles. The normalized spacial score (nSPS) is 16.1. The molecule has 0 aromatic heterocycles. The van der Waals surface area contributed by atoms with E-state index in [1.165, 1.54) is 6.07 Å². The molecule has 7 nitrogen and oxygen atoms in total. The number of carbonyl (C=O) groups excluding carboxylic acids is 1. The van der Waals surface area contributed by atoms with Crippen LogP contribution in [0.3, 0.4) is 0 Å². The number of primary sulfonamides is 1.